The smallest absolute Gasteiger partial charge is 0.236 e. The fourth-order valence-electron chi connectivity index (χ4n) is 2.18. The van der Waals surface area contributed by atoms with E-state index in [-0.39, 0.29) is 11.9 Å². The standard InChI is InChI=1S/C14H28N2O/c1-10(2)8-9-15-14(17)12(4)16-11(3)13-6-5-7-13/h10-13,16H,5-9H2,1-4H3,(H,15,17). The van der Waals surface area contributed by atoms with Gasteiger partial charge in [0.1, 0.15) is 0 Å². The zero-order valence-corrected chi connectivity index (χ0v) is 11.8. The quantitative estimate of drug-likeness (QED) is 0.717. The lowest BCUT2D eigenvalue weighted by Gasteiger charge is -2.33. The molecule has 1 rings (SSSR count). The van der Waals surface area contributed by atoms with Crippen LogP contribution in [0.4, 0.5) is 0 Å². The molecule has 0 aliphatic heterocycles. The van der Waals surface area contributed by atoms with Gasteiger partial charge in [-0.3, -0.25) is 4.79 Å². The third-order valence-corrected chi connectivity index (χ3v) is 3.78. The lowest BCUT2D eigenvalue weighted by Crippen LogP contribution is -2.49. The largest absolute Gasteiger partial charge is 0.355 e. The molecule has 0 aromatic heterocycles. The van der Waals surface area contributed by atoms with Crippen molar-refractivity contribution < 1.29 is 4.79 Å². The number of hydrogen-bond donors (Lipinski definition) is 2. The van der Waals surface area contributed by atoms with Gasteiger partial charge in [0.05, 0.1) is 6.04 Å². The number of hydrogen-bond acceptors (Lipinski definition) is 2. The Hall–Kier alpha value is -0.570. The van der Waals surface area contributed by atoms with Crippen LogP contribution in [-0.4, -0.2) is 24.5 Å². The Kier molecular flexibility index (Phi) is 5.96. The maximum Gasteiger partial charge on any atom is 0.236 e. The van der Waals surface area contributed by atoms with E-state index in [1.165, 1.54) is 19.3 Å². The lowest BCUT2D eigenvalue weighted by molar-refractivity contribution is -0.123. The minimum Gasteiger partial charge on any atom is -0.355 e. The summed E-state index contributed by atoms with van der Waals surface area (Å²) in [5.74, 6) is 1.56. The second-order valence-corrected chi connectivity index (χ2v) is 5.84. The van der Waals surface area contributed by atoms with Crippen LogP contribution in [0.15, 0.2) is 0 Å². The van der Waals surface area contributed by atoms with Crippen LogP contribution >= 0.6 is 0 Å². The SMILES string of the molecule is CC(C)CCNC(=O)C(C)NC(C)C1CCC1. The number of carbonyl (C=O) groups is 1. The predicted octanol–water partition coefficient (Wildman–Crippen LogP) is 2.32. The van der Waals surface area contributed by atoms with Crippen LogP contribution in [0.1, 0.15) is 53.4 Å². The molecule has 3 nitrogen and oxygen atoms in total. The Morgan fingerprint density at radius 1 is 1.24 bits per heavy atom. The first kappa shape index (κ1) is 14.5. The molecule has 2 atom stereocenters. The molecule has 1 fully saturated rings. The second-order valence-electron chi connectivity index (χ2n) is 5.84. The monoisotopic (exact) mass is 240 g/mol. The first-order chi connectivity index (χ1) is 8.00. The van der Waals surface area contributed by atoms with Crippen molar-refractivity contribution in [3.05, 3.63) is 0 Å². The molecule has 1 saturated carbocycles. The van der Waals surface area contributed by atoms with E-state index in [0.717, 1.165) is 18.9 Å². The molecule has 0 aromatic carbocycles. The van der Waals surface area contributed by atoms with Crippen molar-refractivity contribution in [1.82, 2.24) is 10.6 Å². The molecular weight excluding hydrogens is 212 g/mol. The molecule has 0 spiro atoms. The van der Waals surface area contributed by atoms with E-state index >= 15 is 0 Å². The zero-order chi connectivity index (χ0) is 12.8. The average Bonchev–Trinajstić information content (AvgIpc) is 2.13. The van der Waals surface area contributed by atoms with Crippen molar-refractivity contribution in [2.75, 3.05) is 6.54 Å². The summed E-state index contributed by atoms with van der Waals surface area (Å²) in [6.07, 6.45) is 5.04. The number of rotatable bonds is 7. The van der Waals surface area contributed by atoms with Gasteiger partial charge in [0.25, 0.3) is 0 Å². The molecule has 2 unspecified atom stereocenters. The van der Waals surface area contributed by atoms with Gasteiger partial charge in [-0.25, -0.2) is 0 Å². The van der Waals surface area contributed by atoms with Crippen LogP contribution in [0.2, 0.25) is 0 Å². The molecule has 1 amide bonds. The summed E-state index contributed by atoms with van der Waals surface area (Å²) >= 11 is 0. The van der Waals surface area contributed by atoms with Gasteiger partial charge in [-0.2, -0.15) is 0 Å². The number of carbonyl (C=O) groups excluding carboxylic acids is 1. The number of amides is 1. The predicted molar refractivity (Wildman–Crippen MR) is 71.9 cm³/mol. The highest BCUT2D eigenvalue weighted by Gasteiger charge is 2.26. The molecule has 2 N–H and O–H groups in total. The first-order valence-corrected chi connectivity index (χ1v) is 7.04. The molecular formula is C14H28N2O. The summed E-state index contributed by atoms with van der Waals surface area (Å²) in [5, 5.41) is 6.40. The third-order valence-electron chi connectivity index (χ3n) is 3.78. The normalized spacial score (nSPS) is 19.8. The lowest BCUT2D eigenvalue weighted by atomic mass is 9.80. The Morgan fingerprint density at radius 2 is 1.88 bits per heavy atom. The summed E-state index contributed by atoms with van der Waals surface area (Å²) in [6.45, 7) is 9.29. The van der Waals surface area contributed by atoms with E-state index in [9.17, 15) is 4.79 Å². The molecule has 0 aromatic rings. The summed E-state index contributed by atoms with van der Waals surface area (Å²) in [6, 6.07) is 0.396. The van der Waals surface area contributed by atoms with Crippen molar-refractivity contribution in [3.8, 4) is 0 Å². The van der Waals surface area contributed by atoms with Crippen molar-refractivity contribution in [1.29, 1.82) is 0 Å². The summed E-state index contributed by atoms with van der Waals surface area (Å²) in [5.41, 5.74) is 0. The van der Waals surface area contributed by atoms with Crippen molar-refractivity contribution in [2.24, 2.45) is 11.8 Å². The highest BCUT2D eigenvalue weighted by Crippen LogP contribution is 2.29. The summed E-state index contributed by atoms with van der Waals surface area (Å²) in [7, 11) is 0. The van der Waals surface area contributed by atoms with E-state index in [1.54, 1.807) is 0 Å². The van der Waals surface area contributed by atoms with Crippen LogP contribution in [0.25, 0.3) is 0 Å². The molecule has 0 radical (unpaired) electrons. The average molecular weight is 240 g/mol. The summed E-state index contributed by atoms with van der Waals surface area (Å²) < 4.78 is 0. The van der Waals surface area contributed by atoms with Gasteiger partial charge in [-0.05, 0) is 44.9 Å². The molecule has 100 valence electrons. The Labute approximate surface area is 106 Å². The van der Waals surface area contributed by atoms with E-state index in [2.05, 4.69) is 31.4 Å². The number of nitrogens with one attached hydrogen (secondary N) is 2. The van der Waals surface area contributed by atoms with Crippen LogP contribution in [0, 0.1) is 11.8 Å². The minimum atomic E-state index is -0.0715. The van der Waals surface area contributed by atoms with Crippen LogP contribution in [0.3, 0.4) is 0 Å². The molecule has 17 heavy (non-hydrogen) atoms. The molecule has 0 heterocycles. The Morgan fingerprint density at radius 3 is 2.35 bits per heavy atom. The summed E-state index contributed by atoms with van der Waals surface area (Å²) in [4.78, 5) is 11.8. The van der Waals surface area contributed by atoms with Gasteiger partial charge in [-0.15, -0.1) is 0 Å². The highest BCUT2D eigenvalue weighted by molar-refractivity contribution is 5.81. The van der Waals surface area contributed by atoms with Gasteiger partial charge in [0, 0.05) is 12.6 Å². The fourth-order valence-corrected chi connectivity index (χ4v) is 2.18. The minimum absolute atomic E-state index is 0.0715. The maximum atomic E-state index is 11.8. The topological polar surface area (TPSA) is 41.1 Å². The molecule has 1 aliphatic carbocycles. The molecule has 3 heteroatoms. The van der Waals surface area contributed by atoms with Crippen molar-refractivity contribution in [3.63, 3.8) is 0 Å². The van der Waals surface area contributed by atoms with Crippen LogP contribution in [0.5, 0.6) is 0 Å². The van der Waals surface area contributed by atoms with Crippen LogP contribution < -0.4 is 10.6 Å². The molecule has 0 bridgehead atoms. The fraction of sp³-hybridized carbons (Fsp3) is 0.929. The zero-order valence-electron chi connectivity index (χ0n) is 11.8. The van der Waals surface area contributed by atoms with E-state index in [0.29, 0.717) is 12.0 Å². The maximum absolute atomic E-state index is 11.8. The van der Waals surface area contributed by atoms with E-state index in [4.69, 9.17) is 0 Å². The van der Waals surface area contributed by atoms with Crippen LogP contribution in [-0.2, 0) is 4.79 Å². The van der Waals surface area contributed by atoms with Crippen molar-refractivity contribution >= 4 is 5.91 Å². The van der Waals surface area contributed by atoms with Gasteiger partial charge in [-0.1, -0.05) is 20.3 Å². The molecule has 1 aliphatic rings. The highest BCUT2D eigenvalue weighted by atomic mass is 16.2. The van der Waals surface area contributed by atoms with E-state index < -0.39 is 0 Å². The Balaban J connectivity index is 2.16. The van der Waals surface area contributed by atoms with Gasteiger partial charge in [0.2, 0.25) is 5.91 Å². The van der Waals surface area contributed by atoms with E-state index in [1.807, 2.05) is 6.92 Å². The van der Waals surface area contributed by atoms with Gasteiger partial charge in [0.15, 0.2) is 0 Å². The van der Waals surface area contributed by atoms with Crippen molar-refractivity contribution in [2.45, 2.75) is 65.5 Å². The first-order valence-electron chi connectivity index (χ1n) is 7.04. The second kappa shape index (κ2) is 7.00. The van der Waals surface area contributed by atoms with Gasteiger partial charge >= 0.3 is 0 Å². The van der Waals surface area contributed by atoms with Gasteiger partial charge < -0.3 is 10.6 Å². The molecule has 0 saturated heterocycles. The third kappa shape index (κ3) is 5.07. The Bertz CT molecular complexity index is 236.